The van der Waals surface area contributed by atoms with E-state index in [2.05, 4.69) is 47.8 Å². The first-order valence-electron chi connectivity index (χ1n) is 7.80. The van der Waals surface area contributed by atoms with Crippen molar-refractivity contribution >= 4 is 11.3 Å². The summed E-state index contributed by atoms with van der Waals surface area (Å²) in [5.74, 6) is 0. The number of rotatable bonds is 7. The van der Waals surface area contributed by atoms with Gasteiger partial charge in [0, 0.05) is 18.6 Å². The summed E-state index contributed by atoms with van der Waals surface area (Å²) in [5, 5.41) is 8.26. The SMILES string of the molecule is CCCNC(c1ccsc1)C(C)(CC)N1CCOCC1. The quantitative estimate of drug-likeness (QED) is 0.835. The van der Waals surface area contributed by atoms with Crippen LogP contribution in [-0.2, 0) is 4.74 Å². The first-order valence-corrected chi connectivity index (χ1v) is 8.75. The molecule has 1 aliphatic rings. The second kappa shape index (κ2) is 7.55. The minimum Gasteiger partial charge on any atom is -0.379 e. The van der Waals surface area contributed by atoms with Gasteiger partial charge in [-0.15, -0.1) is 0 Å². The third-order valence-corrected chi connectivity index (χ3v) is 5.25. The van der Waals surface area contributed by atoms with Crippen LogP contribution in [0.1, 0.15) is 45.2 Å². The Bertz CT molecular complexity index is 376. The van der Waals surface area contributed by atoms with Crippen LogP contribution >= 0.6 is 11.3 Å². The molecule has 0 radical (unpaired) electrons. The van der Waals surface area contributed by atoms with Crippen molar-refractivity contribution < 1.29 is 4.74 Å². The fourth-order valence-corrected chi connectivity index (χ4v) is 3.80. The van der Waals surface area contributed by atoms with Gasteiger partial charge in [0.1, 0.15) is 0 Å². The van der Waals surface area contributed by atoms with Gasteiger partial charge in [0.15, 0.2) is 0 Å². The van der Waals surface area contributed by atoms with E-state index in [1.54, 1.807) is 11.3 Å². The third-order valence-electron chi connectivity index (χ3n) is 4.55. The topological polar surface area (TPSA) is 24.5 Å². The Morgan fingerprint density at radius 1 is 1.40 bits per heavy atom. The monoisotopic (exact) mass is 296 g/mol. The number of thiophene rings is 1. The maximum Gasteiger partial charge on any atom is 0.0594 e. The van der Waals surface area contributed by atoms with Gasteiger partial charge in [0.25, 0.3) is 0 Å². The van der Waals surface area contributed by atoms with Crippen LogP contribution in [0.2, 0.25) is 0 Å². The van der Waals surface area contributed by atoms with E-state index in [1.807, 2.05) is 0 Å². The van der Waals surface area contributed by atoms with E-state index in [1.165, 1.54) is 12.0 Å². The highest BCUT2D eigenvalue weighted by atomic mass is 32.1. The summed E-state index contributed by atoms with van der Waals surface area (Å²) in [6.45, 7) is 11.8. The van der Waals surface area contributed by atoms with Crippen LogP contribution in [0.5, 0.6) is 0 Å². The molecule has 2 rings (SSSR count). The van der Waals surface area contributed by atoms with Crippen molar-refractivity contribution in [2.75, 3.05) is 32.8 Å². The smallest absolute Gasteiger partial charge is 0.0594 e. The molecule has 114 valence electrons. The number of hydrogen-bond acceptors (Lipinski definition) is 4. The highest BCUT2D eigenvalue weighted by molar-refractivity contribution is 7.07. The van der Waals surface area contributed by atoms with Crippen LogP contribution < -0.4 is 5.32 Å². The molecule has 0 saturated carbocycles. The van der Waals surface area contributed by atoms with Gasteiger partial charge in [-0.25, -0.2) is 0 Å². The lowest BCUT2D eigenvalue weighted by Gasteiger charge is -2.48. The third kappa shape index (κ3) is 3.42. The number of morpholine rings is 1. The Balaban J connectivity index is 2.22. The normalized spacial score (nSPS) is 21.6. The van der Waals surface area contributed by atoms with Crippen molar-refractivity contribution in [3.63, 3.8) is 0 Å². The van der Waals surface area contributed by atoms with E-state index in [-0.39, 0.29) is 5.54 Å². The highest BCUT2D eigenvalue weighted by Crippen LogP contribution is 2.35. The van der Waals surface area contributed by atoms with Crippen LogP contribution in [0.15, 0.2) is 16.8 Å². The Hall–Kier alpha value is -0.420. The van der Waals surface area contributed by atoms with Crippen molar-refractivity contribution in [2.24, 2.45) is 0 Å². The second-order valence-corrected chi connectivity index (χ2v) is 6.53. The molecule has 2 unspecified atom stereocenters. The van der Waals surface area contributed by atoms with Crippen LogP contribution in [0.4, 0.5) is 0 Å². The number of nitrogens with one attached hydrogen (secondary N) is 1. The Morgan fingerprint density at radius 3 is 2.70 bits per heavy atom. The lowest BCUT2D eigenvalue weighted by Crippen LogP contribution is -2.57. The van der Waals surface area contributed by atoms with Crippen molar-refractivity contribution in [3.8, 4) is 0 Å². The number of ether oxygens (including phenoxy) is 1. The average Bonchev–Trinajstić information content (AvgIpc) is 3.02. The average molecular weight is 296 g/mol. The van der Waals surface area contributed by atoms with Gasteiger partial charge in [-0.3, -0.25) is 4.90 Å². The predicted molar refractivity (Wildman–Crippen MR) is 86.4 cm³/mol. The molecule has 0 bridgehead atoms. The minimum atomic E-state index is 0.153. The van der Waals surface area contributed by atoms with Crippen molar-refractivity contribution in [1.29, 1.82) is 0 Å². The van der Waals surface area contributed by atoms with E-state index in [9.17, 15) is 0 Å². The molecule has 1 aromatic heterocycles. The van der Waals surface area contributed by atoms with Crippen LogP contribution in [-0.4, -0.2) is 43.3 Å². The van der Waals surface area contributed by atoms with Gasteiger partial charge < -0.3 is 10.1 Å². The summed E-state index contributed by atoms with van der Waals surface area (Å²) in [6, 6.07) is 2.67. The van der Waals surface area contributed by atoms with Gasteiger partial charge in [-0.2, -0.15) is 11.3 Å². The molecule has 1 saturated heterocycles. The number of hydrogen-bond donors (Lipinski definition) is 1. The van der Waals surface area contributed by atoms with Gasteiger partial charge >= 0.3 is 0 Å². The molecule has 4 heteroatoms. The Morgan fingerprint density at radius 2 is 2.15 bits per heavy atom. The summed E-state index contributed by atoms with van der Waals surface area (Å²) in [4.78, 5) is 2.61. The van der Waals surface area contributed by atoms with Crippen LogP contribution in [0.25, 0.3) is 0 Å². The Kier molecular flexibility index (Phi) is 6.02. The lowest BCUT2D eigenvalue weighted by molar-refractivity contribution is -0.0328. The predicted octanol–water partition coefficient (Wildman–Crippen LogP) is 3.29. The largest absolute Gasteiger partial charge is 0.379 e. The van der Waals surface area contributed by atoms with E-state index < -0.39 is 0 Å². The van der Waals surface area contributed by atoms with E-state index in [4.69, 9.17) is 4.74 Å². The maximum absolute atomic E-state index is 5.53. The van der Waals surface area contributed by atoms with E-state index >= 15 is 0 Å². The zero-order valence-electron chi connectivity index (χ0n) is 13.0. The van der Waals surface area contributed by atoms with Gasteiger partial charge in [-0.1, -0.05) is 13.8 Å². The Labute approximate surface area is 127 Å². The van der Waals surface area contributed by atoms with E-state index in [0.29, 0.717) is 6.04 Å². The fraction of sp³-hybridized carbons (Fsp3) is 0.750. The summed E-state index contributed by atoms with van der Waals surface area (Å²) in [5.41, 5.74) is 1.58. The molecule has 1 N–H and O–H groups in total. The fourth-order valence-electron chi connectivity index (χ4n) is 3.11. The molecule has 1 fully saturated rings. The first kappa shape index (κ1) is 16.0. The molecule has 1 aromatic rings. The zero-order valence-corrected chi connectivity index (χ0v) is 13.8. The van der Waals surface area contributed by atoms with Crippen LogP contribution in [0.3, 0.4) is 0 Å². The molecule has 0 spiro atoms. The molecule has 0 aromatic carbocycles. The van der Waals surface area contributed by atoms with Crippen molar-refractivity contribution in [1.82, 2.24) is 10.2 Å². The molecular weight excluding hydrogens is 268 g/mol. The molecule has 20 heavy (non-hydrogen) atoms. The van der Waals surface area contributed by atoms with E-state index in [0.717, 1.165) is 39.3 Å². The summed E-state index contributed by atoms with van der Waals surface area (Å²) in [6.07, 6.45) is 2.31. The summed E-state index contributed by atoms with van der Waals surface area (Å²) >= 11 is 1.79. The summed E-state index contributed by atoms with van der Waals surface area (Å²) in [7, 11) is 0. The van der Waals surface area contributed by atoms with Crippen molar-refractivity contribution in [3.05, 3.63) is 22.4 Å². The molecule has 2 heterocycles. The molecule has 0 amide bonds. The second-order valence-electron chi connectivity index (χ2n) is 5.75. The van der Waals surface area contributed by atoms with Crippen LogP contribution in [0, 0.1) is 0 Å². The molecular formula is C16H28N2OS. The first-order chi connectivity index (χ1) is 9.72. The molecule has 1 aliphatic heterocycles. The zero-order chi connectivity index (χ0) is 14.4. The molecule has 2 atom stereocenters. The van der Waals surface area contributed by atoms with Gasteiger partial charge in [0.2, 0.25) is 0 Å². The minimum absolute atomic E-state index is 0.153. The standard InChI is InChI=1S/C16H28N2OS/c1-4-7-17-15(14-6-12-20-13-14)16(3,5-2)18-8-10-19-11-9-18/h6,12-13,15,17H,4-5,7-11H2,1-3H3. The number of nitrogens with zero attached hydrogens (tertiary/aromatic N) is 1. The maximum atomic E-state index is 5.53. The van der Waals surface area contributed by atoms with Gasteiger partial charge in [0.05, 0.1) is 19.3 Å². The van der Waals surface area contributed by atoms with Gasteiger partial charge in [-0.05, 0) is 48.7 Å². The molecule has 3 nitrogen and oxygen atoms in total. The highest BCUT2D eigenvalue weighted by Gasteiger charge is 2.39. The summed E-state index contributed by atoms with van der Waals surface area (Å²) < 4.78 is 5.53. The molecule has 0 aliphatic carbocycles. The van der Waals surface area contributed by atoms with Crippen molar-refractivity contribution in [2.45, 2.75) is 45.2 Å². The lowest BCUT2D eigenvalue weighted by atomic mass is 9.83.